The number of aromatic nitrogens is 1. The van der Waals surface area contributed by atoms with E-state index in [2.05, 4.69) is 40.8 Å². The van der Waals surface area contributed by atoms with Crippen LogP contribution in [0.5, 0.6) is 0 Å². The molecule has 0 spiro atoms. The molecule has 0 aliphatic carbocycles. The highest BCUT2D eigenvalue weighted by Gasteiger charge is 2.09. The second kappa shape index (κ2) is 8.86. The van der Waals surface area contributed by atoms with Gasteiger partial charge in [-0.2, -0.15) is 0 Å². The van der Waals surface area contributed by atoms with Gasteiger partial charge in [0.1, 0.15) is 0 Å². The van der Waals surface area contributed by atoms with Crippen LogP contribution >= 0.6 is 23.5 Å². The van der Waals surface area contributed by atoms with Gasteiger partial charge in [0, 0.05) is 16.8 Å². The first kappa shape index (κ1) is 16.9. The number of thioether (sulfide) groups is 2. The number of benzene rings is 1. The summed E-state index contributed by atoms with van der Waals surface area (Å²) in [6, 6.07) is 14.2. The second-order valence-electron chi connectivity index (χ2n) is 4.88. The number of rotatable bonds is 7. The topological polar surface area (TPSA) is 42.0 Å². The summed E-state index contributed by atoms with van der Waals surface area (Å²) in [6.07, 6.45) is 3.83. The first-order valence-electron chi connectivity index (χ1n) is 7.10. The van der Waals surface area contributed by atoms with Gasteiger partial charge in [-0.1, -0.05) is 18.2 Å². The summed E-state index contributed by atoms with van der Waals surface area (Å²) in [5, 5.41) is 3.03. The van der Waals surface area contributed by atoms with Crippen LogP contribution in [0.2, 0.25) is 0 Å². The van der Waals surface area contributed by atoms with Gasteiger partial charge in [0.05, 0.1) is 17.5 Å². The minimum atomic E-state index is 0.0267. The minimum Gasteiger partial charge on any atom is -0.349 e. The fourth-order valence-corrected chi connectivity index (χ4v) is 3.15. The maximum Gasteiger partial charge on any atom is 0.230 e. The summed E-state index contributed by atoms with van der Waals surface area (Å²) < 4.78 is 0. The van der Waals surface area contributed by atoms with E-state index < -0.39 is 0 Å². The molecular formula is C17H20N2OS2. The van der Waals surface area contributed by atoms with Gasteiger partial charge in [-0.05, 0) is 43.0 Å². The number of hydrogen-bond donors (Lipinski definition) is 1. The zero-order chi connectivity index (χ0) is 15.8. The Morgan fingerprint density at radius 3 is 2.64 bits per heavy atom. The Hall–Kier alpha value is -1.46. The summed E-state index contributed by atoms with van der Waals surface area (Å²) in [4.78, 5) is 17.5. The van der Waals surface area contributed by atoms with Crippen LogP contribution in [-0.2, 0) is 10.5 Å². The first-order chi connectivity index (χ1) is 10.7. The van der Waals surface area contributed by atoms with Gasteiger partial charge in [-0.15, -0.1) is 23.5 Å². The van der Waals surface area contributed by atoms with E-state index >= 15 is 0 Å². The second-order valence-corrected chi connectivity index (χ2v) is 6.74. The van der Waals surface area contributed by atoms with Gasteiger partial charge in [0.2, 0.25) is 5.91 Å². The number of carbonyl (C=O) groups excluding carboxylic acids is 1. The zero-order valence-corrected chi connectivity index (χ0v) is 14.4. The number of nitrogens with zero attached hydrogens (tertiary/aromatic N) is 1. The lowest BCUT2D eigenvalue weighted by Gasteiger charge is -2.14. The Balaban J connectivity index is 1.76. The van der Waals surface area contributed by atoms with Crippen molar-refractivity contribution in [3.63, 3.8) is 0 Å². The SMILES string of the molecule is CSc1ccc(C(C)NC(=O)CSCc2ccccn2)cc1. The number of carbonyl (C=O) groups is 1. The molecule has 0 aliphatic heterocycles. The zero-order valence-electron chi connectivity index (χ0n) is 12.8. The van der Waals surface area contributed by atoms with E-state index in [1.54, 1.807) is 29.7 Å². The highest BCUT2D eigenvalue weighted by molar-refractivity contribution is 7.99. The molecule has 1 atom stereocenters. The van der Waals surface area contributed by atoms with Crippen molar-refractivity contribution >= 4 is 29.4 Å². The summed E-state index contributed by atoms with van der Waals surface area (Å²) in [5.41, 5.74) is 2.13. The third-order valence-electron chi connectivity index (χ3n) is 3.20. The van der Waals surface area contributed by atoms with Crippen LogP contribution in [0.25, 0.3) is 0 Å². The normalized spacial score (nSPS) is 11.9. The van der Waals surface area contributed by atoms with E-state index in [9.17, 15) is 4.79 Å². The minimum absolute atomic E-state index is 0.0267. The predicted octanol–water partition coefficient (Wildman–Crippen LogP) is 3.91. The Labute approximate surface area is 140 Å². The Morgan fingerprint density at radius 2 is 2.00 bits per heavy atom. The van der Waals surface area contributed by atoms with Crippen molar-refractivity contribution in [3.05, 3.63) is 59.9 Å². The highest BCUT2D eigenvalue weighted by Crippen LogP contribution is 2.19. The van der Waals surface area contributed by atoms with E-state index in [-0.39, 0.29) is 11.9 Å². The molecule has 5 heteroatoms. The van der Waals surface area contributed by atoms with E-state index in [0.717, 1.165) is 17.0 Å². The van der Waals surface area contributed by atoms with Crippen molar-refractivity contribution < 1.29 is 4.79 Å². The average molecular weight is 332 g/mol. The third kappa shape index (κ3) is 5.39. The van der Waals surface area contributed by atoms with Crippen LogP contribution in [0.3, 0.4) is 0 Å². The molecule has 1 N–H and O–H groups in total. The standard InChI is InChI=1S/C17H20N2OS2/c1-13(14-6-8-16(21-2)9-7-14)19-17(20)12-22-11-15-5-3-4-10-18-15/h3-10,13H,11-12H2,1-2H3,(H,19,20). The molecule has 0 bridgehead atoms. The third-order valence-corrected chi connectivity index (χ3v) is 4.91. The predicted molar refractivity (Wildman–Crippen MR) is 95.2 cm³/mol. The summed E-state index contributed by atoms with van der Waals surface area (Å²) in [7, 11) is 0. The molecule has 3 nitrogen and oxygen atoms in total. The van der Waals surface area contributed by atoms with Crippen LogP contribution in [-0.4, -0.2) is 22.9 Å². The Morgan fingerprint density at radius 1 is 1.23 bits per heavy atom. The van der Waals surface area contributed by atoms with Gasteiger partial charge < -0.3 is 5.32 Å². The molecule has 1 aromatic carbocycles. The number of nitrogens with one attached hydrogen (secondary N) is 1. The maximum absolute atomic E-state index is 12.0. The molecule has 0 radical (unpaired) electrons. The van der Waals surface area contributed by atoms with Crippen molar-refractivity contribution in [1.29, 1.82) is 0 Å². The molecule has 0 aliphatic rings. The van der Waals surface area contributed by atoms with Gasteiger partial charge >= 0.3 is 0 Å². The lowest BCUT2D eigenvalue weighted by Crippen LogP contribution is -2.28. The molecular weight excluding hydrogens is 312 g/mol. The summed E-state index contributed by atoms with van der Waals surface area (Å²) in [6.45, 7) is 2.01. The molecule has 0 fully saturated rings. The lowest BCUT2D eigenvalue weighted by atomic mass is 10.1. The van der Waals surface area contributed by atoms with Crippen molar-refractivity contribution in [2.24, 2.45) is 0 Å². The summed E-state index contributed by atoms with van der Waals surface area (Å²) >= 11 is 3.30. The fourth-order valence-electron chi connectivity index (χ4n) is 1.99. The van der Waals surface area contributed by atoms with Gasteiger partial charge in [-0.3, -0.25) is 9.78 Å². The van der Waals surface area contributed by atoms with Gasteiger partial charge in [-0.25, -0.2) is 0 Å². The molecule has 22 heavy (non-hydrogen) atoms. The van der Waals surface area contributed by atoms with Crippen molar-refractivity contribution in [2.75, 3.05) is 12.0 Å². The van der Waals surface area contributed by atoms with Gasteiger partial charge in [0.25, 0.3) is 0 Å². The number of pyridine rings is 1. The van der Waals surface area contributed by atoms with E-state index in [4.69, 9.17) is 0 Å². The molecule has 1 aromatic heterocycles. The van der Waals surface area contributed by atoms with Crippen LogP contribution in [0.1, 0.15) is 24.2 Å². The van der Waals surface area contributed by atoms with Crippen molar-refractivity contribution in [2.45, 2.75) is 23.6 Å². The molecule has 2 rings (SSSR count). The molecule has 0 saturated carbocycles. The average Bonchev–Trinajstić information content (AvgIpc) is 2.56. The Kier molecular flexibility index (Phi) is 6.80. The van der Waals surface area contributed by atoms with Crippen molar-refractivity contribution in [3.8, 4) is 0 Å². The van der Waals surface area contributed by atoms with Gasteiger partial charge in [0.15, 0.2) is 0 Å². The monoisotopic (exact) mass is 332 g/mol. The molecule has 1 amide bonds. The number of hydrogen-bond acceptors (Lipinski definition) is 4. The summed E-state index contributed by atoms with van der Waals surface area (Å²) in [5.74, 6) is 1.26. The molecule has 1 unspecified atom stereocenters. The molecule has 116 valence electrons. The van der Waals surface area contributed by atoms with Crippen LogP contribution in [0.15, 0.2) is 53.6 Å². The fraction of sp³-hybridized carbons (Fsp3) is 0.294. The molecule has 2 aromatic rings. The van der Waals surface area contributed by atoms with Crippen molar-refractivity contribution in [1.82, 2.24) is 10.3 Å². The largest absolute Gasteiger partial charge is 0.349 e. The number of amides is 1. The van der Waals surface area contributed by atoms with Crippen LogP contribution in [0, 0.1) is 0 Å². The van der Waals surface area contributed by atoms with E-state index in [1.807, 2.05) is 25.1 Å². The van der Waals surface area contributed by atoms with Crippen LogP contribution < -0.4 is 5.32 Å². The van der Waals surface area contributed by atoms with E-state index in [1.165, 1.54) is 4.90 Å². The quantitative estimate of drug-likeness (QED) is 0.781. The first-order valence-corrected chi connectivity index (χ1v) is 9.48. The molecule has 0 saturated heterocycles. The smallest absolute Gasteiger partial charge is 0.230 e. The van der Waals surface area contributed by atoms with E-state index in [0.29, 0.717) is 5.75 Å². The lowest BCUT2D eigenvalue weighted by molar-refractivity contribution is -0.119. The maximum atomic E-state index is 12.0. The van der Waals surface area contributed by atoms with Crippen LogP contribution in [0.4, 0.5) is 0 Å². The highest BCUT2D eigenvalue weighted by atomic mass is 32.2. The molecule has 1 heterocycles. The Bertz CT molecular complexity index is 587.